The lowest BCUT2D eigenvalue weighted by Gasteiger charge is -2.22. The number of β-amino-alcohol motifs (C(OH)–C–C–N with tert-alkyl or cyclic N) is 1. The molecule has 1 aliphatic carbocycles. The van der Waals surface area contributed by atoms with Crippen LogP contribution in [0.25, 0.3) is 0 Å². The van der Waals surface area contributed by atoms with E-state index in [0.29, 0.717) is 37.3 Å². The molecule has 1 N–H and O–H groups in total. The van der Waals surface area contributed by atoms with Gasteiger partial charge in [0.2, 0.25) is 11.8 Å². The van der Waals surface area contributed by atoms with Crippen LogP contribution in [0.1, 0.15) is 49.4 Å². The maximum atomic E-state index is 12.4. The van der Waals surface area contributed by atoms with Crippen molar-refractivity contribution in [3.05, 3.63) is 11.7 Å². The first kappa shape index (κ1) is 14.1. The van der Waals surface area contributed by atoms with E-state index < -0.39 is 12.4 Å². The summed E-state index contributed by atoms with van der Waals surface area (Å²) in [6.45, 7) is 1.30. The van der Waals surface area contributed by atoms with Crippen molar-refractivity contribution in [2.24, 2.45) is 0 Å². The predicted molar refractivity (Wildman–Crippen MR) is 71.7 cm³/mol. The smallest absolute Gasteiger partial charge is 0.249 e. The molecule has 8 heteroatoms. The molecule has 0 spiro atoms. The Labute approximate surface area is 127 Å². The Morgan fingerprint density at radius 2 is 2.09 bits per heavy atom. The molecule has 2 saturated heterocycles. The fraction of sp³-hybridized carbons (Fsp3) is 0.786. The molecule has 1 aromatic heterocycles. The van der Waals surface area contributed by atoms with Gasteiger partial charge in [-0.3, -0.25) is 4.79 Å². The lowest BCUT2D eigenvalue weighted by molar-refractivity contribution is -0.141. The number of nitrogens with zero attached hydrogens (tertiary/aromatic N) is 3. The van der Waals surface area contributed by atoms with Crippen molar-refractivity contribution in [1.29, 1.82) is 0 Å². The maximum Gasteiger partial charge on any atom is 0.249 e. The molecule has 2 atom stereocenters. The Morgan fingerprint density at radius 3 is 2.82 bits per heavy atom. The van der Waals surface area contributed by atoms with Gasteiger partial charge in [0.1, 0.15) is 6.04 Å². The number of rotatable bonds is 4. The van der Waals surface area contributed by atoms with Crippen LogP contribution in [0.5, 0.6) is 0 Å². The highest BCUT2D eigenvalue weighted by Crippen LogP contribution is 2.40. The first-order valence-electron chi connectivity index (χ1n) is 7.75. The van der Waals surface area contributed by atoms with Crippen LogP contribution in [0.4, 0.5) is 0 Å². The van der Waals surface area contributed by atoms with Gasteiger partial charge >= 0.3 is 0 Å². The Bertz CT molecular complexity index is 552. The number of aliphatic hydroxyl groups is 1. The second-order valence-corrected chi connectivity index (χ2v) is 6.09. The molecule has 0 radical (unpaired) electrons. The summed E-state index contributed by atoms with van der Waals surface area (Å²) in [5.41, 5.74) is 0. The lowest BCUT2D eigenvalue weighted by Crippen LogP contribution is -2.34. The number of ether oxygens (including phenoxy) is 2. The molecule has 0 aromatic carbocycles. The summed E-state index contributed by atoms with van der Waals surface area (Å²) in [5, 5.41) is 13.9. The first-order valence-corrected chi connectivity index (χ1v) is 7.75. The van der Waals surface area contributed by atoms with Gasteiger partial charge in [0.25, 0.3) is 0 Å². The second-order valence-electron chi connectivity index (χ2n) is 6.09. The van der Waals surface area contributed by atoms with E-state index in [0.717, 1.165) is 12.8 Å². The van der Waals surface area contributed by atoms with Crippen molar-refractivity contribution < 1.29 is 23.9 Å². The Balaban J connectivity index is 1.47. The number of aromatic nitrogens is 2. The fourth-order valence-corrected chi connectivity index (χ4v) is 3.00. The average Bonchev–Trinajstić information content (AvgIpc) is 2.94. The quantitative estimate of drug-likeness (QED) is 0.856. The van der Waals surface area contributed by atoms with E-state index in [1.165, 1.54) is 0 Å². The summed E-state index contributed by atoms with van der Waals surface area (Å²) < 4.78 is 15.9. The minimum Gasteiger partial charge on any atom is -0.391 e. The largest absolute Gasteiger partial charge is 0.391 e. The van der Waals surface area contributed by atoms with Gasteiger partial charge in [-0.05, 0) is 12.8 Å². The summed E-state index contributed by atoms with van der Waals surface area (Å²) in [4.78, 5) is 18.5. The molecule has 1 saturated carbocycles. The van der Waals surface area contributed by atoms with Gasteiger partial charge in [-0.2, -0.15) is 4.98 Å². The summed E-state index contributed by atoms with van der Waals surface area (Å²) in [5.74, 6) is 1.40. The second kappa shape index (κ2) is 5.60. The van der Waals surface area contributed by atoms with Crippen molar-refractivity contribution in [2.75, 3.05) is 19.8 Å². The Hall–Kier alpha value is -1.51. The third-order valence-corrected chi connectivity index (χ3v) is 4.32. The molecule has 3 heterocycles. The third-order valence-electron chi connectivity index (χ3n) is 4.32. The molecule has 2 aliphatic heterocycles. The number of amides is 1. The highest BCUT2D eigenvalue weighted by Gasteiger charge is 2.40. The van der Waals surface area contributed by atoms with Gasteiger partial charge in [-0.15, -0.1) is 0 Å². The monoisotopic (exact) mass is 309 g/mol. The Morgan fingerprint density at radius 1 is 1.32 bits per heavy atom. The van der Waals surface area contributed by atoms with Crippen LogP contribution in [-0.4, -0.2) is 58.2 Å². The van der Waals surface area contributed by atoms with E-state index in [1.807, 2.05) is 0 Å². The normalized spacial score (nSPS) is 29.4. The zero-order valence-electron chi connectivity index (χ0n) is 12.2. The molecule has 4 rings (SSSR count). The summed E-state index contributed by atoms with van der Waals surface area (Å²) in [6.07, 6.45) is 1.68. The standard InChI is InChI=1S/C14H19N3O5/c18-9-5-10(14-15-13(16-22-14)8-1-2-8)17(7-9)11(19)6-12-20-3-4-21-12/h8-10,12,18H,1-7H2/t9-,10+/m1/s1. The highest BCUT2D eigenvalue weighted by molar-refractivity contribution is 5.77. The number of aliphatic hydroxyl groups excluding tert-OH is 1. The van der Waals surface area contributed by atoms with Gasteiger partial charge in [0.05, 0.1) is 25.7 Å². The number of carbonyl (C=O) groups excluding carboxylic acids is 1. The molecule has 120 valence electrons. The topological polar surface area (TPSA) is 97.9 Å². The van der Waals surface area contributed by atoms with Gasteiger partial charge in [-0.1, -0.05) is 5.16 Å². The average molecular weight is 309 g/mol. The van der Waals surface area contributed by atoms with Crippen molar-refractivity contribution in [3.63, 3.8) is 0 Å². The van der Waals surface area contributed by atoms with Crippen molar-refractivity contribution in [3.8, 4) is 0 Å². The highest BCUT2D eigenvalue weighted by atomic mass is 16.7. The molecule has 1 amide bonds. The van der Waals surface area contributed by atoms with E-state index in [1.54, 1.807) is 4.90 Å². The van der Waals surface area contributed by atoms with Crippen LogP contribution in [0.3, 0.4) is 0 Å². The number of likely N-dealkylation sites (tertiary alicyclic amines) is 1. The summed E-state index contributed by atoms with van der Waals surface area (Å²) in [6, 6.07) is -0.357. The van der Waals surface area contributed by atoms with Crippen molar-refractivity contribution in [2.45, 2.75) is 50.0 Å². The van der Waals surface area contributed by atoms with Crippen LogP contribution in [0, 0.1) is 0 Å². The summed E-state index contributed by atoms with van der Waals surface area (Å²) >= 11 is 0. The van der Waals surface area contributed by atoms with Gasteiger partial charge < -0.3 is 24.0 Å². The van der Waals surface area contributed by atoms with Crippen LogP contribution in [-0.2, 0) is 14.3 Å². The number of carbonyl (C=O) groups is 1. The maximum absolute atomic E-state index is 12.4. The molecule has 8 nitrogen and oxygen atoms in total. The van der Waals surface area contributed by atoms with Crippen molar-refractivity contribution in [1.82, 2.24) is 15.0 Å². The van der Waals surface area contributed by atoms with E-state index >= 15 is 0 Å². The van der Waals surface area contributed by atoms with E-state index in [-0.39, 0.29) is 24.9 Å². The third kappa shape index (κ3) is 2.73. The number of hydrogen-bond acceptors (Lipinski definition) is 7. The SMILES string of the molecule is O=C(CC1OCCO1)N1C[C@H](O)C[C@H]1c1nc(C2CC2)no1. The van der Waals surface area contributed by atoms with Gasteiger partial charge in [0, 0.05) is 18.9 Å². The van der Waals surface area contributed by atoms with Gasteiger partial charge in [-0.25, -0.2) is 0 Å². The van der Waals surface area contributed by atoms with Crippen LogP contribution < -0.4 is 0 Å². The predicted octanol–water partition coefficient (Wildman–Crippen LogP) is 0.344. The molecule has 1 aromatic rings. The van der Waals surface area contributed by atoms with E-state index in [2.05, 4.69) is 10.1 Å². The zero-order valence-corrected chi connectivity index (χ0v) is 12.2. The minimum absolute atomic E-state index is 0.125. The summed E-state index contributed by atoms with van der Waals surface area (Å²) in [7, 11) is 0. The van der Waals surface area contributed by atoms with Crippen LogP contribution in [0.15, 0.2) is 4.52 Å². The van der Waals surface area contributed by atoms with Crippen LogP contribution in [0.2, 0.25) is 0 Å². The zero-order chi connectivity index (χ0) is 15.1. The molecule has 22 heavy (non-hydrogen) atoms. The molecule has 0 unspecified atom stereocenters. The van der Waals surface area contributed by atoms with E-state index in [4.69, 9.17) is 14.0 Å². The van der Waals surface area contributed by atoms with E-state index in [9.17, 15) is 9.90 Å². The van der Waals surface area contributed by atoms with Crippen LogP contribution >= 0.6 is 0 Å². The minimum atomic E-state index is -0.573. The molecule has 0 bridgehead atoms. The number of hydrogen-bond donors (Lipinski definition) is 1. The molecular weight excluding hydrogens is 290 g/mol. The van der Waals surface area contributed by atoms with Gasteiger partial charge in [0.15, 0.2) is 12.1 Å². The molecular formula is C14H19N3O5. The van der Waals surface area contributed by atoms with Crippen molar-refractivity contribution >= 4 is 5.91 Å². The molecule has 3 fully saturated rings. The molecule has 3 aliphatic rings. The first-order chi connectivity index (χ1) is 10.7. The fourth-order valence-electron chi connectivity index (χ4n) is 3.00. The Kier molecular flexibility index (Phi) is 3.59. The lowest BCUT2D eigenvalue weighted by atomic mass is 10.2.